The van der Waals surface area contributed by atoms with Crippen LogP contribution in [0.25, 0.3) is 0 Å². The number of carbonyl (C=O) groups excluding carboxylic acids is 2. The zero-order chi connectivity index (χ0) is 18.4. The summed E-state index contributed by atoms with van der Waals surface area (Å²) in [7, 11) is -2.46. The second-order valence-corrected chi connectivity index (χ2v) is 7.74. The number of halogens is 1. The molecule has 0 aliphatic rings. The highest BCUT2D eigenvalue weighted by Crippen LogP contribution is 2.15. The van der Waals surface area contributed by atoms with Crippen molar-refractivity contribution in [2.24, 2.45) is 0 Å². The first-order valence-electron chi connectivity index (χ1n) is 7.22. The van der Waals surface area contributed by atoms with E-state index in [4.69, 9.17) is 16.3 Å². The summed E-state index contributed by atoms with van der Waals surface area (Å²) in [5, 5.41) is 2.94. The first-order valence-corrected chi connectivity index (χ1v) is 9.42. The molecule has 0 bridgehead atoms. The van der Waals surface area contributed by atoms with E-state index in [0.29, 0.717) is 16.5 Å². The van der Waals surface area contributed by atoms with E-state index >= 15 is 0 Å². The van der Waals surface area contributed by atoms with Gasteiger partial charge in [-0.3, -0.25) is 9.59 Å². The number of nitrogens with one attached hydrogen (secondary N) is 1. The van der Waals surface area contributed by atoms with Gasteiger partial charge in [0.25, 0.3) is 0 Å². The number of ether oxygens (including phenoxy) is 1. The molecule has 0 heterocycles. The Bertz CT molecular complexity index is 878. The molecule has 25 heavy (non-hydrogen) atoms. The normalized spacial score (nSPS) is 11.0. The molecule has 0 aliphatic heterocycles. The van der Waals surface area contributed by atoms with Gasteiger partial charge in [-0.05, 0) is 36.4 Å². The minimum absolute atomic E-state index is 0.209. The predicted octanol–water partition coefficient (Wildman–Crippen LogP) is 2.58. The number of hydrogen-bond acceptors (Lipinski definition) is 5. The number of Topliss-reactive ketones (excluding diaryl/α,β-unsaturated/α-hetero) is 1. The summed E-state index contributed by atoms with van der Waals surface area (Å²) < 4.78 is 29.2. The molecule has 2 aromatic rings. The monoisotopic (exact) mass is 381 g/mol. The molecular weight excluding hydrogens is 366 g/mol. The van der Waals surface area contributed by atoms with Crippen molar-refractivity contribution in [2.45, 2.75) is 0 Å². The zero-order valence-electron chi connectivity index (χ0n) is 13.4. The van der Waals surface area contributed by atoms with Crippen LogP contribution in [0.3, 0.4) is 0 Å². The third kappa shape index (κ3) is 5.88. The molecule has 0 saturated carbocycles. The van der Waals surface area contributed by atoms with Crippen LogP contribution in [0.15, 0.2) is 48.5 Å². The van der Waals surface area contributed by atoms with E-state index in [1.807, 2.05) is 0 Å². The first-order chi connectivity index (χ1) is 11.8. The highest BCUT2D eigenvalue weighted by atomic mass is 35.5. The van der Waals surface area contributed by atoms with Gasteiger partial charge in [-0.15, -0.1) is 0 Å². The van der Waals surface area contributed by atoms with Crippen molar-refractivity contribution in [1.29, 1.82) is 0 Å². The SMILES string of the molecule is COc1cccc(C(=O)CS(=O)(=O)CC(=O)Nc2ccc(Cl)cc2)c1. The van der Waals surface area contributed by atoms with Crippen LogP contribution >= 0.6 is 11.6 Å². The number of anilines is 1. The summed E-state index contributed by atoms with van der Waals surface area (Å²) in [5.41, 5.74) is 0.629. The molecule has 0 unspecified atom stereocenters. The van der Waals surface area contributed by atoms with Gasteiger partial charge in [-0.2, -0.15) is 0 Å². The second kappa shape index (κ2) is 8.13. The van der Waals surface area contributed by atoms with Crippen LogP contribution < -0.4 is 10.1 Å². The largest absolute Gasteiger partial charge is 0.497 e. The Morgan fingerprint density at radius 1 is 1.08 bits per heavy atom. The van der Waals surface area contributed by atoms with E-state index in [1.165, 1.54) is 19.2 Å². The Hall–Kier alpha value is -2.38. The van der Waals surface area contributed by atoms with Crippen LogP contribution in [-0.4, -0.2) is 38.7 Å². The van der Waals surface area contributed by atoms with Gasteiger partial charge in [-0.25, -0.2) is 8.42 Å². The van der Waals surface area contributed by atoms with Gasteiger partial charge in [0.15, 0.2) is 15.6 Å². The van der Waals surface area contributed by atoms with E-state index in [9.17, 15) is 18.0 Å². The van der Waals surface area contributed by atoms with E-state index in [2.05, 4.69) is 5.32 Å². The molecule has 0 atom stereocenters. The minimum Gasteiger partial charge on any atom is -0.497 e. The van der Waals surface area contributed by atoms with E-state index in [1.54, 1.807) is 36.4 Å². The molecule has 6 nitrogen and oxygen atoms in total. The van der Waals surface area contributed by atoms with Gasteiger partial charge in [-0.1, -0.05) is 23.7 Å². The average Bonchev–Trinajstić information content (AvgIpc) is 2.56. The lowest BCUT2D eigenvalue weighted by Gasteiger charge is -2.07. The van der Waals surface area contributed by atoms with Crippen molar-refractivity contribution in [3.8, 4) is 5.75 Å². The molecule has 1 N–H and O–H groups in total. The van der Waals surface area contributed by atoms with Crippen LogP contribution in [0, 0.1) is 0 Å². The summed E-state index contributed by atoms with van der Waals surface area (Å²) in [6.07, 6.45) is 0. The Morgan fingerprint density at radius 2 is 1.76 bits per heavy atom. The zero-order valence-corrected chi connectivity index (χ0v) is 14.9. The van der Waals surface area contributed by atoms with Crippen LogP contribution in [0.4, 0.5) is 5.69 Å². The summed E-state index contributed by atoms with van der Waals surface area (Å²) in [6.45, 7) is 0. The van der Waals surface area contributed by atoms with Gasteiger partial charge < -0.3 is 10.1 Å². The van der Waals surface area contributed by atoms with Gasteiger partial charge in [0, 0.05) is 16.3 Å². The van der Waals surface area contributed by atoms with E-state index in [-0.39, 0.29) is 5.56 Å². The van der Waals surface area contributed by atoms with Crippen molar-refractivity contribution in [3.05, 3.63) is 59.1 Å². The number of amides is 1. The Morgan fingerprint density at radius 3 is 2.40 bits per heavy atom. The van der Waals surface area contributed by atoms with Crippen molar-refractivity contribution in [2.75, 3.05) is 23.9 Å². The fraction of sp³-hybridized carbons (Fsp3) is 0.176. The number of hydrogen-bond donors (Lipinski definition) is 1. The van der Waals surface area contributed by atoms with Crippen LogP contribution in [0.5, 0.6) is 5.75 Å². The quantitative estimate of drug-likeness (QED) is 0.744. The molecule has 0 aromatic heterocycles. The van der Waals surface area contributed by atoms with Crippen LogP contribution in [0.2, 0.25) is 5.02 Å². The average molecular weight is 382 g/mol. The Labute approximate surface area is 150 Å². The topological polar surface area (TPSA) is 89.5 Å². The fourth-order valence-electron chi connectivity index (χ4n) is 2.06. The lowest BCUT2D eigenvalue weighted by molar-refractivity contribution is -0.113. The summed E-state index contributed by atoms with van der Waals surface area (Å²) in [5.74, 6) is -2.41. The number of sulfone groups is 1. The first kappa shape index (κ1) is 19.0. The molecule has 1 amide bonds. The lowest BCUT2D eigenvalue weighted by atomic mass is 10.1. The predicted molar refractivity (Wildman–Crippen MR) is 96.1 cm³/mol. The van der Waals surface area contributed by atoms with Gasteiger partial charge in [0.05, 0.1) is 7.11 Å². The third-order valence-corrected chi connectivity index (χ3v) is 4.88. The number of ketones is 1. The number of benzene rings is 2. The number of methoxy groups -OCH3 is 1. The maximum absolute atomic E-state index is 12.1. The summed E-state index contributed by atoms with van der Waals surface area (Å²) in [6, 6.07) is 12.4. The highest BCUT2D eigenvalue weighted by Gasteiger charge is 2.22. The summed E-state index contributed by atoms with van der Waals surface area (Å²) in [4.78, 5) is 24.0. The highest BCUT2D eigenvalue weighted by molar-refractivity contribution is 7.92. The van der Waals surface area contributed by atoms with Crippen molar-refractivity contribution in [3.63, 3.8) is 0 Å². The van der Waals surface area contributed by atoms with Crippen molar-refractivity contribution in [1.82, 2.24) is 0 Å². The molecule has 0 spiro atoms. The van der Waals surface area contributed by atoms with E-state index in [0.717, 1.165) is 0 Å². The molecule has 132 valence electrons. The van der Waals surface area contributed by atoms with Crippen molar-refractivity contribution >= 4 is 38.8 Å². The molecule has 0 fully saturated rings. The van der Waals surface area contributed by atoms with Gasteiger partial charge >= 0.3 is 0 Å². The molecule has 0 aliphatic carbocycles. The smallest absolute Gasteiger partial charge is 0.239 e. The van der Waals surface area contributed by atoms with Gasteiger partial charge in [0.2, 0.25) is 5.91 Å². The van der Waals surface area contributed by atoms with Crippen LogP contribution in [0.1, 0.15) is 10.4 Å². The number of carbonyl (C=O) groups is 2. The van der Waals surface area contributed by atoms with E-state index < -0.39 is 33.0 Å². The maximum Gasteiger partial charge on any atom is 0.239 e. The molecule has 0 saturated heterocycles. The Kier molecular flexibility index (Phi) is 6.17. The van der Waals surface area contributed by atoms with Crippen LogP contribution in [-0.2, 0) is 14.6 Å². The molecule has 2 aromatic carbocycles. The summed E-state index contributed by atoms with van der Waals surface area (Å²) >= 11 is 5.74. The minimum atomic E-state index is -3.90. The maximum atomic E-state index is 12.1. The molecule has 8 heteroatoms. The Balaban J connectivity index is 1.99. The lowest BCUT2D eigenvalue weighted by Crippen LogP contribution is -2.27. The second-order valence-electron chi connectivity index (χ2n) is 5.24. The van der Waals surface area contributed by atoms with Gasteiger partial charge in [0.1, 0.15) is 17.3 Å². The molecule has 0 radical (unpaired) electrons. The van der Waals surface area contributed by atoms with Crippen molar-refractivity contribution < 1.29 is 22.7 Å². The fourth-order valence-corrected chi connectivity index (χ4v) is 3.33. The molecule has 2 rings (SSSR count). The third-order valence-electron chi connectivity index (χ3n) is 3.22. The molecular formula is C17H16ClNO5S. The number of rotatable bonds is 7. The standard InChI is InChI=1S/C17H16ClNO5S/c1-24-15-4-2-3-12(9-15)16(20)10-25(22,23)11-17(21)19-14-7-5-13(18)6-8-14/h2-9H,10-11H2,1H3,(H,19,21).